The van der Waals surface area contributed by atoms with Crippen LogP contribution in [0.1, 0.15) is 37.0 Å². The Morgan fingerprint density at radius 2 is 2.30 bits per heavy atom. The molecule has 5 heteroatoms. The lowest BCUT2D eigenvalue weighted by Gasteiger charge is -2.24. The fraction of sp³-hybridized carbons (Fsp3) is 0.533. The molecule has 110 valence electrons. The lowest BCUT2D eigenvalue weighted by atomic mass is 10.0. The number of halogens is 1. The first kappa shape index (κ1) is 15.1. The Hall–Kier alpha value is -1.26. The van der Waals surface area contributed by atoms with E-state index in [-0.39, 0.29) is 11.4 Å². The first-order chi connectivity index (χ1) is 9.54. The van der Waals surface area contributed by atoms with E-state index in [0.717, 1.165) is 25.1 Å². The molecule has 1 aromatic rings. The molecule has 2 N–H and O–H groups in total. The number of hydrogen-bond acceptors (Lipinski definition) is 3. The van der Waals surface area contributed by atoms with Crippen LogP contribution in [0, 0.1) is 0 Å². The molecule has 0 saturated carbocycles. The summed E-state index contributed by atoms with van der Waals surface area (Å²) >= 11 is 6.01. The number of benzene rings is 1. The van der Waals surface area contributed by atoms with Crippen molar-refractivity contribution in [3.05, 3.63) is 28.8 Å². The van der Waals surface area contributed by atoms with E-state index in [1.165, 1.54) is 0 Å². The predicted molar refractivity (Wildman–Crippen MR) is 81.5 cm³/mol. The number of ether oxygens (including phenoxy) is 1. The molecular formula is C15H21ClN2O2. The summed E-state index contributed by atoms with van der Waals surface area (Å²) in [6.07, 6.45) is 1.83. The van der Waals surface area contributed by atoms with Crippen molar-refractivity contribution < 1.29 is 9.53 Å². The zero-order valence-electron chi connectivity index (χ0n) is 12.0. The third kappa shape index (κ3) is 3.64. The molecule has 2 rings (SSSR count). The number of anilines is 1. The first-order valence-electron chi connectivity index (χ1n) is 6.98. The molecule has 1 aliphatic heterocycles. The van der Waals surface area contributed by atoms with Gasteiger partial charge in [-0.2, -0.15) is 0 Å². The zero-order valence-corrected chi connectivity index (χ0v) is 12.7. The summed E-state index contributed by atoms with van der Waals surface area (Å²) in [6.45, 7) is 6.15. The Kier molecular flexibility index (Phi) is 4.89. The zero-order chi connectivity index (χ0) is 14.6. The van der Waals surface area contributed by atoms with Gasteiger partial charge in [-0.3, -0.25) is 4.79 Å². The second-order valence-electron chi connectivity index (χ2n) is 5.43. The first-order valence-corrected chi connectivity index (χ1v) is 7.35. The predicted octanol–water partition coefficient (Wildman–Crippen LogP) is 3.07. The minimum atomic E-state index is -0.290. The maximum absolute atomic E-state index is 12.5. The molecule has 1 unspecified atom stereocenters. The van der Waals surface area contributed by atoms with Crippen molar-refractivity contribution in [1.82, 2.24) is 5.32 Å². The summed E-state index contributed by atoms with van der Waals surface area (Å²) in [6, 6.07) is 5.34. The van der Waals surface area contributed by atoms with Gasteiger partial charge in [-0.15, -0.1) is 0 Å². The van der Waals surface area contributed by atoms with E-state index in [2.05, 4.69) is 17.6 Å². The molecule has 1 heterocycles. The van der Waals surface area contributed by atoms with Crippen LogP contribution in [0.5, 0.6) is 0 Å². The fourth-order valence-corrected chi connectivity index (χ4v) is 2.40. The third-order valence-electron chi connectivity index (χ3n) is 3.43. The number of amides is 1. The van der Waals surface area contributed by atoms with Crippen molar-refractivity contribution in [3.8, 4) is 0 Å². The van der Waals surface area contributed by atoms with E-state index in [0.29, 0.717) is 23.8 Å². The highest BCUT2D eigenvalue weighted by molar-refractivity contribution is 6.31. The average molecular weight is 297 g/mol. The van der Waals surface area contributed by atoms with Crippen LogP contribution in [0.2, 0.25) is 5.02 Å². The molecule has 0 aromatic heterocycles. The Morgan fingerprint density at radius 3 is 2.95 bits per heavy atom. The Balaban J connectivity index is 2.17. The van der Waals surface area contributed by atoms with Crippen molar-refractivity contribution in [2.75, 3.05) is 25.1 Å². The van der Waals surface area contributed by atoms with E-state index < -0.39 is 0 Å². The average Bonchev–Trinajstić information content (AvgIpc) is 2.83. The fourth-order valence-electron chi connectivity index (χ4n) is 2.23. The van der Waals surface area contributed by atoms with Crippen LogP contribution in [0.15, 0.2) is 18.2 Å². The normalized spacial score (nSPS) is 21.8. The number of hydrogen-bond donors (Lipinski definition) is 2. The highest BCUT2D eigenvalue weighted by Gasteiger charge is 2.32. The standard InChI is InChI=1S/C15H21ClN2O2/c1-3-7-17-13-5-4-11(16)9-12(13)14(19)18-15(2)6-8-20-10-15/h4-5,9,17H,3,6-8,10H2,1-2H3,(H,18,19). The SMILES string of the molecule is CCCNc1ccc(Cl)cc1C(=O)NC1(C)CCOC1. The topological polar surface area (TPSA) is 50.4 Å². The summed E-state index contributed by atoms with van der Waals surface area (Å²) in [4.78, 5) is 12.5. The van der Waals surface area contributed by atoms with Crippen LogP contribution < -0.4 is 10.6 Å². The van der Waals surface area contributed by atoms with Gasteiger partial charge in [-0.1, -0.05) is 18.5 Å². The van der Waals surface area contributed by atoms with Gasteiger partial charge < -0.3 is 15.4 Å². The molecule has 1 fully saturated rings. The molecular weight excluding hydrogens is 276 g/mol. The molecule has 0 spiro atoms. The summed E-state index contributed by atoms with van der Waals surface area (Å²) in [5.41, 5.74) is 1.11. The van der Waals surface area contributed by atoms with E-state index in [1.54, 1.807) is 12.1 Å². The monoisotopic (exact) mass is 296 g/mol. The van der Waals surface area contributed by atoms with Crippen LogP contribution in [0.4, 0.5) is 5.69 Å². The van der Waals surface area contributed by atoms with Crippen LogP contribution >= 0.6 is 11.6 Å². The quantitative estimate of drug-likeness (QED) is 0.878. The summed E-state index contributed by atoms with van der Waals surface area (Å²) in [7, 11) is 0. The highest BCUT2D eigenvalue weighted by atomic mass is 35.5. The van der Waals surface area contributed by atoms with Gasteiger partial charge in [0.1, 0.15) is 0 Å². The van der Waals surface area contributed by atoms with E-state index in [4.69, 9.17) is 16.3 Å². The van der Waals surface area contributed by atoms with Gasteiger partial charge in [0.05, 0.1) is 17.7 Å². The maximum Gasteiger partial charge on any atom is 0.253 e. The molecule has 1 amide bonds. The van der Waals surface area contributed by atoms with Gasteiger partial charge in [0, 0.05) is 23.9 Å². The molecule has 4 nitrogen and oxygen atoms in total. The van der Waals surface area contributed by atoms with Crippen molar-refractivity contribution in [3.63, 3.8) is 0 Å². The second kappa shape index (κ2) is 6.46. The molecule has 0 aliphatic carbocycles. The number of carbonyl (C=O) groups excluding carboxylic acids is 1. The lowest BCUT2D eigenvalue weighted by Crippen LogP contribution is -2.46. The van der Waals surface area contributed by atoms with Gasteiger partial charge in [-0.05, 0) is 38.0 Å². The molecule has 1 atom stereocenters. The van der Waals surface area contributed by atoms with Crippen molar-refractivity contribution in [1.29, 1.82) is 0 Å². The Bertz CT molecular complexity index is 485. The van der Waals surface area contributed by atoms with Crippen LogP contribution in [-0.2, 0) is 4.74 Å². The van der Waals surface area contributed by atoms with E-state index in [1.807, 2.05) is 13.0 Å². The van der Waals surface area contributed by atoms with Gasteiger partial charge in [0.2, 0.25) is 0 Å². The molecule has 20 heavy (non-hydrogen) atoms. The Labute approximate surface area is 124 Å². The van der Waals surface area contributed by atoms with Gasteiger partial charge >= 0.3 is 0 Å². The Morgan fingerprint density at radius 1 is 1.50 bits per heavy atom. The number of carbonyl (C=O) groups is 1. The molecule has 1 aliphatic rings. The lowest BCUT2D eigenvalue weighted by molar-refractivity contribution is 0.0890. The van der Waals surface area contributed by atoms with Crippen LogP contribution in [-0.4, -0.2) is 31.2 Å². The second-order valence-corrected chi connectivity index (χ2v) is 5.87. The maximum atomic E-state index is 12.5. The van der Waals surface area contributed by atoms with Gasteiger partial charge in [0.25, 0.3) is 5.91 Å². The van der Waals surface area contributed by atoms with E-state index >= 15 is 0 Å². The molecule has 0 radical (unpaired) electrons. The van der Waals surface area contributed by atoms with Crippen LogP contribution in [0.25, 0.3) is 0 Å². The minimum Gasteiger partial charge on any atom is -0.384 e. The largest absolute Gasteiger partial charge is 0.384 e. The number of rotatable bonds is 5. The van der Waals surface area contributed by atoms with Crippen LogP contribution in [0.3, 0.4) is 0 Å². The summed E-state index contributed by atoms with van der Waals surface area (Å²) < 4.78 is 5.36. The summed E-state index contributed by atoms with van der Waals surface area (Å²) in [5.74, 6) is -0.112. The summed E-state index contributed by atoms with van der Waals surface area (Å²) in [5, 5.41) is 6.87. The van der Waals surface area contributed by atoms with E-state index in [9.17, 15) is 4.79 Å². The minimum absolute atomic E-state index is 0.112. The van der Waals surface area contributed by atoms with Crippen molar-refractivity contribution >= 4 is 23.2 Å². The molecule has 1 aromatic carbocycles. The highest BCUT2D eigenvalue weighted by Crippen LogP contribution is 2.23. The molecule has 0 bridgehead atoms. The van der Waals surface area contributed by atoms with Crippen molar-refractivity contribution in [2.45, 2.75) is 32.2 Å². The van der Waals surface area contributed by atoms with Crippen molar-refractivity contribution in [2.24, 2.45) is 0 Å². The number of nitrogens with one attached hydrogen (secondary N) is 2. The van der Waals surface area contributed by atoms with Gasteiger partial charge in [0.15, 0.2) is 0 Å². The van der Waals surface area contributed by atoms with Gasteiger partial charge in [-0.25, -0.2) is 0 Å². The third-order valence-corrected chi connectivity index (χ3v) is 3.66. The smallest absolute Gasteiger partial charge is 0.253 e. The molecule has 1 saturated heterocycles.